The molecule has 4 rings (SSSR count). The van der Waals surface area contributed by atoms with Crippen LogP contribution in [-0.2, 0) is 27.2 Å². The lowest BCUT2D eigenvalue weighted by atomic mass is 9.89. The Labute approximate surface area is 238 Å². The zero-order valence-electron chi connectivity index (χ0n) is 23.7. The Morgan fingerprint density at radius 2 is 1.32 bits per heavy atom. The van der Waals surface area contributed by atoms with Crippen molar-refractivity contribution in [3.63, 3.8) is 0 Å². The van der Waals surface area contributed by atoms with Gasteiger partial charge in [-0.25, -0.2) is 0 Å². The van der Waals surface area contributed by atoms with E-state index in [1.165, 1.54) is 10.5 Å². The molecule has 3 aromatic carbocycles. The smallest absolute Gasteiger partial charge is 0.233 e. The van der Waals surface area contributed by atoms with Crippen LogP contribution in [0.2, 0.25) is 0 Å². The van der Waals surface area contributed by atoms with Crippen LogP contribution in [0, 0.1) is 5.92 Å². The number of rotatable bonds is 11. The Kier molecular flexibility index (Phi) is 10.6. The van der Waals surface area contributed by atoms with Crippen LogP contribution in [0.1, 0.15) is 55.7 Å². The number of amides is 3. The number of hydrogen-bond donors (Lipinski definition) is 1. The van der Waals surface area contributed by atoms with E-state index in [0.29, 0.717) is 12.5 Å². The Hall–Kier alpha value is -3.77. The van der Waals surface area contributed by atoms with E-state index in [4.69, 9.17) is 0 Å². The highest BCUT2D eigenvalue weighted by atomic mass is 16.2. The molecule has 0 aliphatic carbocycles. The predicted molar refractivity (Wildman–Crippen MR) is 160 cm³/mol. The minimum atomic E-state index is -0.140. The first kappa shape index (κ1) is 29.2. The number of nitrogens with one attached hydrogen (secondary N) is 1. The van der Waals surface area contributed by atoms with Gasteiger partial charge in [-0.15, -0.1) is 0 Å². The highest BCUT2D eigenvalue weighted by molar-refractivity contribution is 5.97. The van der Waals surface area contributed by atoms with Gasteiger partial charge in [-0.3, -0.25) is 19.3 Å². The summed E-state index contributed by atoms with van der Waals surface area (Å²) < 4.78 is 0. The van der Waals surface area contributed by atoms with Crippen molar-refractivity contribution < 1.29 is 14.4 Å². The molecule has 6 heteroatoms. The highest BCUT2D eigenvalue weighted by Crippen LogP contribution is 2.29. The summed E-state index contributed by atoms with van der Waals surface area (Å²) in [6.07, 6.45) is 3.36. The Morgan fingerprint density at radius 1 is 0.800 bits per heavy atom. The quantitative estimate of drug-likeness (QED) is 0.340. The van der Waals surface area contributed by atoms with E-state index in [-0.39, 0.29) is 36.5 Å². The van der Waals surface area contributed by atoms with Gasteiger partial charge in [0.1, 0.15) is 0 Å². The average molecular weight is 540 g/mol. The zero-order valence-corrected chi connectivity index (χ0v) is 23.7. The molecule has 210 valence electrons. The third-order valence-corrected chi connectivity index (χ3v) is 7.62. The summed E-state index contributed by atoms with van der Waals surface area (Å²) in [4.78, 5) is 42.3. The molecule has 3 amide bonds. The molecule has 1 heterocycles. The van der Waals surface area contributed by atoms with Crippen molar-refractivity contribution in [2.75, 3.05) is 31.5 Å². The van der Waals surface area contributed by atoms with Crippen LogP contribution in [-0.4, -0.2) is 53.7 Å². The summed E-state index contributed by atoms with van der Waals surface area (Å²) in [5, 5.41) is 2.95. The van der Waals surface area contributed by atoms with Crippen LogP contribution in [0.25, 0.3) is 0 Å². The number of hydrogen-bond acceptors (Lipinski definition) is 4. The first-order valence-corrected chi connectivity index (χ1v) is 14.4. The maximum absolute atomic E-state index is 13.2. The van der Waals surface area contributed by atoms with Crippen molar-refractivity contribution >= 4 is 23.4 Å². The molecule has 1 saturated heterocycles. The molecule has 1 aliphatic rings. The molecule has 0 bridgehead atoms. The van der Waals surface area contributed by atoms with Gasteiger partial charge in [0.2, 0.25) is 17.7 Å². The SMILES string of the molecule is CC(C)C(=O)Nc1ccc(C2CCN(CCCN(C(=O)Cc3ccccc3)C(=O)Cc3ccccc3)CC2)cc1. The van der Waals surface area contributed by atoms with Crippen LogP contribution in [0.4, 0.5) is 5.69 Å². The highest BCUT2D eigenvalue weighted by Gasteiger charge is 2.24. The number of piperidine rings is 1. The van der Waals surface area contributed by atoms with Gasteiger partial charge >= 0.3 is 0 Å². The number of benzene rings is 3. The van der Waals surface area contributed by atoms with Crippen molar-refractivity contribution in [3.8, 4) is 0 Å². The number of imide groups is 1. The monoisotopic (exact) mass is 539 g/mol. The topological polar surface area (TPSA) is 69.7 Å². The Balaban J connectivity index is 1.27. The van der Waals surface area contributed by atoms with Crippen LogP contribution >= 0.6 is 0 Å². The normalized spacial score (nSPS) is 14.2. The molecule has 0 unspecified atom stereocenters. The summed E-state index contributed by atoms with van der Waals surface area (Å²) in [5.41, 5.74) is 3.99. The lowest BCUT2D eigenvalue weighted by Gasteiger charge is -2.32. The third kappa shape index (κ3) is 8.62. The summed E-state index contributed by atoms with van der Waals surface area (Å²) >= 11 is 0. The summed E-state index contributed by atoms with van der Waals surface area (Å²) in [6, 6.07) is 27.5. The minimum absolute atomic E-state index is 0.0307. The maximum atomic E-state index is 13.2. The zero-order chi connectivity index (χ0) is 28.3. The number of nitrogens with zero attached hydrogens (tertiary/aromatic N) is 2. The van der Waals surface area contributed by atoms with Crippen molar-refractivity contribution in [1.82, 2.24) is 9.80 Å². The number of carbonyl (C=O) groups is 3. The molecule has 1 fully saturated rings. The summed E-state index contributed by atoms with van der Waals surface area (Å²) in [5.74, 6) is 0.212. The third-order valence-electron chi connectivity index (χ3n) is 7.62. The van der Waals surface area contributed by atoms with Crippen molar-refractivity contribution in [2.24, 2.45) is 5.92 Å². The van der Waals surface area contributed by atoms with Gasteiger partial charge < -0.3 is 10.2 Å². The van der Waals surface area contributed by atoms with Gasteiger partial charge in [0.15, 0.2) is 0 Å². The summed E-state index contributed by atoms with van der Waals surface area (Å²) in [7, 11) is 0. The van der Waals surface area contributed by atoms with E-state index in [1.54, 1.807) is 0 Å². The largest absolute Gasteiger partial charge is 0.326 e. The number of anilines is 1. The Bertz CT molecular complexity index is 1180. The van der Waals surface area contributed by atoms with Crippen LogP contribution < -0.4 is 5.32 Å². The number of carbonyl (C=O) groups excluding carboxylic acids is 3. The molecule has 1 aliphatic heterocycles. The van der Waals surface area contributed by atoms with Crippen LogP contribution in [0.5, 0.6) is 0 Å². The van der Waals surface area contributed by atoms with Crippen molar-refractivity contribution in [2.45, 2.75) is 51.9 Å². The molecular weight excluding hydrogens is 498 g/mol. The summed E-state index contributed by atoms with van der Waals surface area (Å²) in [6.45, 7) is 7.06. The average Bonchev–Trinajstić information content (AvgIpc) is 2.97. The van der Waals surface area contributed by atoms with E-state index in [1.807, 2.05) is 86.6 Å². The van der Waals surface area contributed by atoms with E-state index < -0.39 is 0 Å². The second-order valence-electron chi connectivity index (χ2n) is 11.0. The van der Waals surface area contributed by atoms with Gasteiger partial charge in [0.05, 0.1) is 12.8 Å². The van der Waals surface area contributed by atoms with Crippen LogP contribution in [0.3, 0.4) is 0 Å². The molecule has 3 aromatic rings. The fraction of sp³-hybridized carbons (Fsp3) is 0.382. The molecule has 0 spiro atoms. The Morgan fingerprint density at radius 3 is 1.82 bits per heavy atom. The fourth-order valence-electron chi connectivity index (χ4n) is 5.19. The van der Waals surface area contributed by atoms with Crippen molar-refractivity contribution in [3.05, 3.63) is 102 Å². The first-order valence-electron chi connectivity index (χ1n) is 14.4. The molecule has 6 nitrogen and oxygen atoms in total. The van der Waals surface area contributed by atoms with Gasteiger partial charge in [0, 0.05) is 18.2 Å². The minimum Gasteiger partial charge on any atom is -0.326 e. The maximum Gasteiger partial charge on any atom is 0.233 e. The standard InChI is InChI=1S/C34H41N3O3/c1-26(2)34(40)35-31-16-14-29(15-17-31)30-18-22-36(23-19-30)20-9-21-37(32(38)24-27-10-5-3-6-11-27)33(39)25-28-12-7-4-8-13-28/h3-8,10-17,26,30H,9,18-25H2,1-2H3,(H,35,40). The second kappa shape index (κ2) is 14.6. The van der Waals surface area contributed by atoms with E-state index in [9.17, 15) is 14.4 Å². The molecule has 1 N–H and O–H groups in total. The second-order valence-corrected chi connectivity index (χ2v) is 11.0. The van der Waals surface area contributed by atoms with E-state index in [2.05, 4.69) is 22.3 Å². The molecule has 0 saturated carbocycles. The molecule has 0 aromatic heterocycles. The molecule has 0 radical (unpaired) electrons. The van der Waals surface area contributed by atoms with E-state index in [0.717, 1.165) is 55.7 Å². The lowest BCUT2D eigenvalue weighted by Crippen LogP contribution is -2.41. The van der Waals surface area contributed by atoms with Gasteiger partial charge in [-0.2, -0.15) is 0 Å². The van der Waals surface area contributed by atoms with Gasteiger partial charge in [0.25, 0.3) is 0 Å². The van der Waals surface area contributed by atoms with Crippen molar-refractivity contribution in [1.29, 1.82) is 0 Å². The molecule has 40 heavy (non-hydrogen) atoms. The number of likely N-dealkylation sites (tertiary alicyclic amines) is 1. The molecular formula is C34H41N3O3. The fourth-order valence-corrected chi connectivity index (χ4v) is 5.19. The van der Waals surface area contributed by atoms with Crippen LogP contribution in [0.15, 0.2) is 84.9 Å². The lowest BCUT2D eigenvalue weighted by molar-refractivity contribution is -0.144. The van der Waals surface area contributed by atoms with E-state index >= 15 is 0 Å². The molecule has 0 atom stereocenters. The van der Waals surface area contributed by atoms with Gasteiger partial charge in [-0.1, -0.05) is 86.6 Å². The predicted octanol–water partition coefficient (Wildman–Crippen LogP) is 5.69. The first-order chi connectivity index (χ1) is 19.4. The van der Waals surface area contributed by atoms with Gasteiger partial charge in [-0.05, 0) is 73.6 Å².